The van der Waals surface area contributed by atoms with Crippen molar-refractivity contribution in [2.24, 2.45) is 5.92 Å². The van der Waals surface area contributed by atoms with Crippen LogP contribution in [0.4, 0.5) is 0 Å². The first-order valence-electron chi connectivity index (χ1n) is 14.5. The van der Waals surface area contributed by atoms with Gasteiger partial charge in [-0.1, -0.05) is 113 Å². The average Bonchev–Trinajstić information content (AvgIpc) is 3.36. The number of allylic oxidation sites excluding steroid dienone is 2. The van der Waals surface area contributed by atoms with Gasteiger partial charge in [0.25, 0.3) is 0 Å². The van der Waals surface area contributed by atoms with Crippen LogP contribution in [-0.4, -0.2) is 32.6 Å². The number of rotatable bonds is 5. The summed E-state index contributed by atoms with van der Waals surface area (Å²) in [5, 5.41) is 11.4. The third-order valence-electron chi connectivity index (χ3n) is 8.42. The van der Waals surface area contributed by atoms with Gasteiger partial charge in [0, 0.05) is 6.42 Å². The van der Waals surface area contributed by atoms with Crippen molar-refractivity contribution in [1.82, 2.24) is 0 Å². The lowest BCUT2D eigenvalue weighted by atomic mass is 9.95. The molecule has 2 aliphatic rings. The molecule has 0 spiro atoms. The summed E-state index contributed by atoms with van der Waals surface area (Å²) in [5.41, 5.74) is 1.32. The van der Waals surface area contributed by atoms with Gasteiger partial charge >= 0.3 is 14.3 Å². The van der Waals surface area contributed by atoms with Crippen LogP contribution in [-0.2, 0) is 15.9 Å². The molecule has 6 heteroatoms. The molecule has 5 rings (SSSR count). The van der Waals surface area contributed by atoms with Crippen molar-refractivity contribution in [1.29, 1.82) is 5.26 Å². The highest BCUT2D eigenvalue weighted by Gasteiger charge is 2.52. The minimum absolute atomic E-state index is 0.0571. The highest BCUT2D eigenvalue weighted by Crippen LogP contribution is 2.40. The Morgan fingerprint density at radius 1 is 0.927 bits per heavy atom. The van der Waals surface area contributed by atoms with Gasteiger partial charge in [0.05, 0.1) is 18.6 Å². The van der Waals surface area contributed by atoms with E-state index >= 15 is 0 Å². The molecule has 2 heterocycles. The van der Waals surface area contributed by atoms with E-state index in [4.69, 9.17) is 13.9 Å². The molecule has 4 atom stereocenters. The van der Waals surface area contributed by atoms with Crippen LogP contribution >= 0.6 is 0 Å². The van der Waals surface area contributed by atoms with Crippen LogP contribution in [0.25, 0.3) is 0 Å². The summed E-state index contributed by atoms with van der Waals surface area (Å²) in [6.07, 6.45) is 5.54. The summed E-state index contributed by atoms with van der Waals surface area (Å²) in [7, 11) is -2.99. The first kappa shape index (κ1) is 28.9. The Morgan fingerprint density at radius 2 is 1.59 bits per heavy atom. The number of nitriles is 1. The smallest absolute Gasteiger partial charge is 0.342 e. The number of nitrogens with zero attached hydrogens (tertiary/aromatic N) is 1. The Hall–Kier alpha value is -3.66. The van der Waals surface area contributed by atoms with Gasteiger partial charge < -0.3 is 13.9 Å². The van der Waals surface area contributed by atoms with E-state index in [1.54, 1.807) is 0 Å². The lowest BCUT2D eigenvalue weighted by Gasteiger charge is -2.43. The number of hydrogen-bond donors (Lipinski definition) is 0. The maximum atomic E-state index is 14.1. The van der Waals surface area contributed by atoms with Gasteiger partial charge in [-0.05, 0) is 45.8 Å². The van der Waals surface area contributed by atoms with Gasteiger partial charge in [0.15, 0.2) is 0 Å². The molecule has 3 aromatic rings. The van der Waals surface area contributed by atoms with Crippen molar-refractivity contribution in [3.63, 3.8) is 0 Å². The normalized spacial score (nSPS) is 23.7. The number of hydrogen-bond acceptors (Lipinski definition) is 5. The highest BCUT2D eigenvalue weighted by molar-refractivity contribution is 7.00. The van der Waals surface area contributed by atoms with Crippen LogP contribution in [0, 0.1) is 17.2 Å². The molecule has 212 valence electrons. The van der Waals surface area contributed by atoms with E-state index in [9.17, 15) is 10.1 Å². The molecular formula is C35H39NO4Si. The molecule has 41 heavy (non-hydrogen) atoms. The molecule has 0 radical (unpaired) electrons. The molecule has 1 unspecified atom stereocenters. The van der Waals surface area contributed by atoms with Crippen LogP contribution in [0.1, 0.15) is 62.9 Å². The Morgan fingerprint density at radius 3 is 2.20 bits per heavy atom. The zero-order valence-electron chi connectivity index (χ0n) is 24.4. The fourth-order valence-electron chi connectivity index (χ4n) is 6.26. The van der Waals surface area contributed by atoms with Gasteiger partial charge in [-0.25, -0.2) is 4.79 Å². The predicted octanol–water partition coefficient (Wildman–Crippen LogP) is 6.36. The summed E-state index contributed by atoms with van der Waals surface area (Å²) in [6.45, 7) is 8.82. The minimum Gasteiger partial charge on any atom is -0.533 e. The van der Waals surface area contributed by atoms with E-state index in [-0.39, 0.29) is 23.5 Å². The van der Waals surface area contributed by atoms with E-state index in [2.05, 4.69) is 94.4 Å². The largest absolute Gasteiger partial charge is 0.533 e. The van der Waals surface area contributed by atoms with E-state index in [0.29, 0.717) is 24.2 Å². The number of ether oxygens (including phenoxy) is 2. The molecule has 5 nitrogen and oxygen atoms in total. The van der Waals surface area contributed by atoms with Crippen molar-refractivity contribution in [2.45, 2.75) is 76.7 Å². The van der Waals surface area contributed by atoms with Crippen molar-refractivity contribution in [3.8, 4) is 11.8 Å². The van der Waals surface area contributed by atoms with Crippen molar-refractivity contribution < 1.29 is 18.7 Å². The summed E-state index contributed by atoms with van der Waals surface area (Å²) in [6, 6.07) is 28.9. The number of esters is 1. The quantitative estimate of drug-likeness (QED) is 0.205. The fraction of sp³-hybridized carbons (Fsp3) is 0.371. The third-order valence-corrected chi connectivity index (χ3v) is 13.4. The van der Waals surface area contributed by atoms with Gasteiger partial charge in [-0.2, -0.15) is 5.26 Å². The van der Waals surface area contributed by atoms with E-state index in [0.717, 1.165) is 22.4 Å². The second kappa shape index (κ2) is 12.1. The SMILES string of the molecule is C[C@@H]1C/C=C\Cc2cccc(O[Si](c3ccccc3)(c3ccccc3)C(C)(C)C)c2C(=O)O[C@H]2C[C@@H]1OC2CC#N. The molecule has 2 aliphatic heterocycles. The summed E-state index contributed by atoms with van der Waals surface area (Å²) < 4.78 is 19.8. The average molecular weight is 566 g/mol. The maximum Gasteiger partial charge on any atom is 0.342 e. The van der Waals surface area contributed by atoms with Gasteiger partial charge in [0.2, 0.25) is 0 Å². The fourth-order valence-corrected chi connectivity index (χ4v) is 10.7. The maximum absolute atomic E-state index is 14.1. The molecule has 0 N–H and O–H groups in total. The van der Waals surface area contributed by atoms with Crippen molar-refractivity contribution in [2.75, 3.05) is 0 Å². The van der Waals surface area contributed by atoms with Crippen LogP contribution in [0.15, 0.2) is 91.0 Å². The van der Waals surface area contributed by atoms with E-state index in [1.165, 1.54) is 0 Å². The zero-order valence-corrected chi connectivity index (χ0v) is 25.4. The standard InChI is InChI=1S/C35H39NO4Si/c1-25-14-11-12-15-26-16-13-21-30(33(26)34(37)39-32-24-31(25)38-29(32)22-23-36)40-41(35(2,3)4,27-17-7-5-8-18-27)28-19-9-6-10-20-28/h5-13,16-21,25,29,31-32H,14-15,22,24H2,1-4H3/b12-11-/t25-,29?,31+,32+/m1/s1. The van der Waals surface area contributed by atoms with Crippen molar-refractivity contribution >= 4 is 24.7 Å². The third kappa shape index (κ3) is 5.75. The van der Waals surface area contributed by atoms with Crippen LogP contribution in [0.3, 0.4) is 0 Å². The predicted molar refractivity (Wildman–Crippen MR) is 164 cm³/mol. The number of fused-ring (bicyclic) bond motifs is 3. The molecular weight excluding hydrogens is 526 g/mol. The molecule has 1 fully saturated rings. The number of carbonyl (C=O) groups is 1. The molecule has 0 aromatic heterocycles. The first-order valence-corrected chi connectivity index (χ1v) is 16.5. The van der Waals surface area contributed by atoms with E-state index < -0.39 is 26.5 Å². The van der Waals surface area contributed by atoms with Crippen molar-refractivity contribution in [3.05, 3.63) is 102 Å². The molecule has 0 saturated carbocycles. The zero-order chi connectivity index (χ0) is 29.0. The molecule has 2 bridgehead atoms. The Bertz CT molecular complexity index is 1380. The van der Waals surface area contributed by atoms with Crippen LogP contribution < -0.4 is 14.8 Å². The Labute approximate surface area is 244 Å². The highest BCUT2D eigenvalue weighted by atomic mass is 28.4. The van der Waals surface area contributed by atoms with Crippen LogP contribution in [0.2, 0.25) is 5.04 Å². The topological polar surface area (TPSA) is 68.6 Å². The number of carbonyl (C=O) groups excluding carboxylic acids is 1. The summed E-state index contributed by atoms with van der Waals surface area (Å²) in [5.74, 6) is 0.375. The summed E-state index contributed by atoms with van der Waals surface area (Å²) in [4.78, 5) is 14.1. The molecule has 0 amide bonds. The monoisotopic (exact) mass is 565 g/mol. The van der Waals surface area contributed by atoms with Gasteiger partial charge in [-0.3, -0.25) is 0 Å². The summed E-state index contributed by atoms with van der Waals surface area (Å²) >= 11 is 0. The first-order chi connectivity index (χ1) is 19.7. The lowest BCUT2D eigenvalue weighted by Crippen LogP contribution is -2.69. The minimum atomic E-state index is -2.99. The number of benzene rings is 3. The lowest BCUT2D eigenvalue weighted by molar-refractivity contribution is -0.0188. The molecule has 1 saturated heterocycles. The molecule has 0 aliphatic carbocycles. The van der Waals surface area contributed by atoms with Crippen LogP contribution in [0.5, 0.6) is 5.75 Å². The van der Waals surface area contributed by atoms with E-state index in [1.807, 2.05) is 30.3 Å². The second-order valence-electron chi connectivity index (χ2n) is 12.2. The van der Waals surface area contributed by atoms with Gasteiger partial charge in [0.1, 0.15) is 23.5 Å². The molecule has 3 aromatic carbocycles. The Kier molecular flexibility index (Phi) is 8.49. The Balaban J connectivity index is 1.65. The van der Waals surface area contributed by atoms with Gasteiger partial charge in [-0.15, -0.1) is 0 Å². The second-order valence-corrected chi connectivity index (χ2v) is 16.4.